The standard InChI is InChI=1S/C21H20IN5O/c22-19-6-2-1-5-18(19)21(28)25-16-9-7-15(8-10-16)24-20-13-17(14-23-26-20)27-11-3-4-12-27/h1-2,5-10,13-14H,3-4,11-12H2,(H,24,26)(H,25,28). The predicted molar refractivity (Wildman–Crippen MR) is 120 cm³/mol. The maximum absolute atomic E-state index is 12.4. The topological polar surface area (TPSA) is 70.2 Å². The van der Waals surface area contributed by atoms with E-state index in [0.717, 1.165) is 33.7 Å². The molecule has 1 amide bonds. The lowest BCUT2D eigenvalue weighted by molar-refractivity contribution is 0.102. The first-order valence-electron chi connectivity index (χ1n) is 9.20. The largest absolute Gasteiger partial charge is 0.370 e. The molecule has 3 aromatic rings. The first-order valence-corrected chi connectivity index (χ1v) is 10.3. The van der Waals surface area contributed by atoms with Crippen LogP contribution in [0.3, 0.4) is 0 Å². The van der Waals surface area contributed by atoms with Crippen molar-refractivity contribution in [1.82, 2.24) is 10.2 Å². The second-order valence-corrected chi connectivity index (χ2v) is 7.79. The van der Waals surface area contributed by atoms with Crippen LogP contribution in [0, 0.1) is 3.57 Å². The number of amides is 1. The van der Waals surface area contributed by atoms with E-state index in [1.807, 2.05) is 54.6 Å². The first kappa shape index (κ1) is 18.7. The molecule has 2 N–H and O–H groups in total. The van der Waals surface area contributed by atoms with Gasteiger partial charge in [-0.1, -0.05) is 12.1 Å². The number of hydrogen-bond donors (Lipinski definition) is 2. The summed E-state index contributed by atoms with van der Waals surface area (Å²) in [7, 11) is 0. The fourth-order valence-electron chi connectivity index (χ4n) is 3.19. The highest BCUT2D eigenvalue weighted by Crippen LogP contribution is 2.23. The summed E-state index contributed by atoms with van der Waals surface area (Å²) in [5.41, 5.74) is 3.39. The van der Waals surface area contributed by atoms with Crippen molar-refractivity contribution in [2.24, 2.45) is 0 Å². The zero-order chi connectivity index (χ0) is 19.3. The fraction of sp³-hybridized carbons (Fsp3) is 0.190. The molecule has 0 aliphatic carbocycles. The number of carbonyl (C=O) groups excluding carboxylic acids is 1. The van der Waals surface area contributed by atoms with Gasteiger partial charge in [-0.2, -0.15) is 5.10 Å². The minimum Gasteiger partial charge on any atom is -0.370 e. The molecular weight excluding hydrogens is 465 g/mol. The van der Waals surface area contributed by atoms with Crippen molar-refractivity contribution in [3.63, 3.8) is 0 Å². The molecule has 6 nitrogen and oxygen atoms in total. The first-order chi connectivity index (χ1) is 13.7. The predicted octanol–water partition coefficient (Wildman–Crippen LogP) is 4.68. The van der Waals surface area contributed by atoms with Gasteiger partial charge in [0.05, 0.1) is 17.4 Å². The molecule has 1 aromatic heterocycles. The van der Waals surface area contributed by atoms with Crippen LogP contribution < -0.4 is 15.5 Å². The Hall–Kier alpha value is -2.68. The summed E-state index contributed by atoms with van der Waals surface area (Å²) in [6.45, 7) is 2.14. The number of aromatic nitrogens is 2. The van der Waals surface area contributed by atoms with Crippen LogP contribution in [-0.4, -0.2) is 29.2 Å². The van der Waals surface area contributed by atoms with Crippen molar-refractivity contribution in [3.05, 3.63) is 69.9 Å². The monoisotopic (exact) mass is 485 g/mol. The zero-order valence-corrected chi connectivity index (χ0v) is 17.4. The summed E-state index contributed by atoms with van der Waals surface area (Å²) in [5.74, 6) is 0.593. The summed E-state index contributed by atoms with van der Waals surface area (Å²) in [6, 6.07) is 17.1. The van der Waals surface area contributed by atoms with Crippen molar-refractivity contribution in [2.45, 2.75) is 12.8 Å². The van der Waals surface area contributed by atoms with E-state index in [1.54, 1.807) is 6.20 Å². The third-order valence-electron chi connectivity index (χ3n) is 4.64. The molecule has 1 aliphatic heterocycles. The van der Waals surface area contributed by atoms with Crippen molar-refractivity contribution in [3.8, 4) is 0 Å². The average Bonchev–Trinajstić information content (AvgIpc) is 3.25. The number of rotatable bonds is 5. The van der Waals surface area contributed by atoms with Crippen LogP contribution in [0.25, 0.3) is 0 Å². The Morgan fingerprint density at radius 1 is 1.00 bits per heavy atom. The van der Waals surface area contributed by atoms with Crippen LogP contribution >= 0.6 is 22.6 Å². The lowest BCUT2D eigenvalue weighted by Crippen LogP contribution is -2.18. The van der Waals surface area contributed by atoms with Gasteiger partial charge in [0.2, 0.25) is 0 Å². The van der Waals surface area contributed by atoms with Gasteiger partial charge in [0, 0.05) is 34.1 Å². The highest BCUT2D eigenvalue weighted by Gasteiger charge is 2.13. The highest BCUT2D eigenvalue weighted by atomic mass is 127. The molecule has 1 saturated heterocycles. The maximum atomic E-state index is 12.4. The summed E-state index contributed by atoms with van der Waals surface area (Å²) in [5, 5.41) is 14.5. The van der Waals surface area contributed by atoms with Gasteiger partial charge in [0.15, 0.2) is 5.82 Å². The van der Waals surface area contributed by atoms with E-state index in [1.165, 1.54) is 12.8 Å². The molecule has 2 aromatic carbocycles. The Labute approximate surface area is 177 Å². The van der Waals surface area contributed by atoms with Gasteiger partial charge in [-0.15, -0.1) is 5.10 Å². The van der Waals surface area contributed by atoms with Crippen LogP contribution in [0.4, 0.5) is 22.9 Å². The second-order valence-electron chi connectivity index (χ2n) is 6.63. The van der Waals surface area contributed by atoms with E-state index in [2.05, 4.69) is 48.3 Å². The molecule has 4 rings (SSSR count). The summed E-state index contributed by atoms with van der Waals surface area (Å²) < 4.78 is 0.923. The molecule has 0 saturated carbocycles. The van der Waals surface area contributed by atoms with E-state index in [-0.39, 0.29) is 5.91 Å². The third kappa shape index (κ3) is 4.41. The van der Waals surface area contributed by atoms with Gasteiger partial charge in [-0.05, 0) is 71.8 Å². The van der Waals surface area contributed by atoms with Crippen LogP contribution in [0.5, 0.6) is 0 Å². The van der Waals surface area contributed by atoms with Crippen molar-refractivity contribution in [2.75, 3.05) is 28.6 Å². The number of anilines is 4. The smallest absolute Gasteiger partial charge is 0.256 e. The van der Waals surface area contributed by atoms with Crippen molar-refractivity contribution in [1.29, 1.82) is 0 Å². The minimum absolute atomic E-state index is 0.116. The zero-order valence-electron chi connectivity index (χ0n) is 15.2. The SMILES string of the molecule is O=C(Nc1ccc(Nc2cc(N3CCCC3)cnn2)cc1)c1ccccc1I. The summed E-state index contributed by atoms with van der Waals surface area (Å²) >= 11 is 2.17. The lowest BCUT2D eigenvalue weighted by atomic mass is 10.2. The Morgan fingerprint density at radius 2 is 1.71 bits per heavy atom. The molecule has 1 aliphatic rings. The number of halogens is 1. The normalized spacial score (nSPS) is 13.4. The molecule has 1 fully saturated rings. The lowest BCUT2D eigenvalue weighted by Gasteiger charge is -2.17. The van der Waals surface area contributed by atoms with Gasteiger partial charge in [-0.3, -0.25) is 4.79 Å². The molecule has 142 valence electrons. The summed E-state index contributed by atoms with van der Waals surface area (Å²) in [6.07, 6.45) is 4.25. The quantitative estimate of drug-likeness (QED) is 0.514. The molecular formula is C21H20IN5O. The van der Waals surface area contributed by atoms with Gasteiger partial charge in [0.1, 0.15) is 0 Å². The maximum Gasteiger partial charge on any atom is 0.256 e. The van der Waals surface area contributed by atoms with E-state index < -0.39 is 0 Å². The van der Waals surface area contributed by atoms with Crippen LogP contribution in [-0.2, 0) is 0 Å². The van der Waals surface area contributed by atoms with Crippen LogP contribution in [0.1, 0.15) is 23.2 Å². The molecule has 0 radical (unpaired) electrons. The molecule has 0 spiro atoms. The molecule has 0 atom stereocenters. The second kappa shape index (κ2) is 8.55. The minimum atomic E-state index is -0.116. The molecule has 0 bridgehead atoms. The molecule has 7 heteroatoms. The van der Waals surface area contributed by atoms with E-state index in [0.29, 0.717) is 11.4 Å². The number of benzene rings is 2. The average molecular weight is 485 g/mol. The molecule has 2 heterocycles. The third-order valence-corrected chi connectivity index (χ3v) is 5.59. The van der Waals surface area contributed by atoms with Crippen LogP contribution in [0.15, 0.2) is 60.8 Å². The van der Waals surface area contributed by atoms with Gasteiger partial charge in [-0.25, -0.2) is 0 Å². The highest BCUT2D eigenvalue weighted by molar-refractivity contribution is 14.1. The Bertz CT molecular complexity index is 971. The number of nitrogens with one attached hydrogen (secondary N) is 2. The number of nitrogens with zero attached hydrogens (tertiary/aromatic N) is 3. The number of carbonyl (C=O) groups is 1. The molecule has 0 unspecified atom stereocenters. The summed E-state index contributed by atoms with van der Waals surface area (Å²) in [4.78, 5) is 14.7. The Balaban J connectivity index is 1.42. The van der Waals surface area contributed by atoms with Gasteiger partial charge in [0.25, 0.3) is 5.91 Å². The van der Waals surface area contributed by atoms with E-state index in [4.69, 9.17) is 0 Å². The van der Waals surface area contributed by atoms with E-state index in [9.17, 15) is 4.79 Å². The molecule has 28 heavy (non-hydrogen) atoms. The van der Waals surface area contributed by atoms with Gasteiger partial charge < -0.3 is 15.5 Å². The fourth-order valence-corrected chi connectivity index (χ4v) is 3.83. The number of hydrogen-bond acceptors (Lipinski definition) is 5. The van der Waals surface area contributed by atoms with Crippen LogP contribution in [0.2, 0.25) is 0 Å². The van der Waals surface area contributed by atoms with Crippen molar-refractivity contribution < 1.29 is 4.79 Å². The van der Waals surface area contributed by atoms with Crippen molar-refractivity contribution >= 4 is 51.4 Å². The Kier molecular flexibility index (Phi) is 5.70. The van der Waals surface area contributed by atoms with E-state index >= 15 is 0 Å². The van der Waals surface area contributed by atoms with Gasteiger partial charge >= 0.3 is 0 Å². The Morgan fingerprint density at radius 3 is 2.46 bits per heavy atom.